The topological polar surface area (TPSA) is 90.3 Å². The highest BCUT2D eigenvalue weighted by Crippen LogP contribution is 2.23. The van der Waals surface area contributed by atoms with Gasteiger partial charge in [0.1, 0.15) is 11.9 Å². The van der Waals surface area contributed by atoms with Gasteiger partial charge >= 0.3 is 0 Å². The van der Waals surface area contributed by atoms with Crippen molar-refractivity contribution in [1.29, 1.82) is 5.26 Å². The second kappa shape index (κ2) is 11.6. The number of pyridine rings is 1. The molecule has 0 spiro atoms. The van der Waals surface area contributed by atoms with Gasteiger partial charge in [-0.3, -0.25) is 4.79 Å². The molecule has 0 bridgehead atoms. The first-order valence-corrected chi connectivity index (χ1v) is 11.9. The van der Waals surface area contributed by atoms with Crippen molar-refractivity contribution in [2.75, 3.05) is 37.0 Å². The number of nitrogens with zero attached hydrogens (tertiary/aromatic N) is 3. The summed E-state index contributed by atoms with van der Waals surface area (Å²) < 4.78 is 5.45. The number of amides is 1. The zero-order valence-corrected chi connectivity index (χ0v) is 20.1. The van der Waals surface area contributed by atoms with Gasteiger partial charge in [0, 0.05) is 26.7 Å². The predicted octanol–water partition coefficient (Wildman–Crippen LogP) is 4.25. The number of nitriles is 1. The summed E-state index contributed by atoms with van der Waals surface area (Å²) >= 11 is 0. The van der Waals surface area contributed by atoms with Crippen LogP contribution in [0.2, 0.25) is 0 Å². The third kappa shape index (κ3) is 6.24. The van der Waals surface area contributed by atoms with Crippen molar-refractivity contribution >= 4 is 17.4 Å². The second-order valence-electron chi connectivity index (χ2n) is 8.87. The van der Waals surface area contributed by atoms with Gasteiger partial charge in [0.05, 0.1) is 29.6 Å². The van der Waals surface area contributed by atoms with Gasteiger partial charge in [0.25, 0.3) is 0 Å². The minimum Gasteiger partial charge on any atom is -0.380 e. The highest BCUT2D eigenvalue weighted by Gasteiger charge is 2.24. The highest BCUT2D eigenvalue weighted by atomic mass is 16.5. The van der Waals surface area contributed by atoms with Crippen LogP contribution in [0.1, 0.15) is 42.0 Å². The minimum atomic E-state index is -0.528. The monoisotopic (exact) mass is 469 g/mol. The molecule has 3 aromatic rings. The highest BCUT2D eigenvalue weighted by molar-refractivity contribution is 5.94. The van der Waals surface area contributed by atoms with Crippen LogP contribution in [0.15, 0.2) is 72.9 Å². The summed E-state index contributed by atoms with van der Waals surface area (Å²) in [5, 5.41) is 15.4. The molecule has 0 aliphatic carbocycles. The van der Waals surface area contributed by atoms with Crippen molar-refractivity contribution in [3.05, 3.63) is 89.6 Å². The third-order valence-corrected chi connectivity index (χ3v) is 6.47. The molecule has 1 aliphatic rings. The van der Waals surface area contributed by atoms with Crippen molar-refractivity contribution in [2.45, 2.75) is 31.4 Å². The maximum absolute atomic E-state index is 13.3. The molecule has 1 amide bonds. The van der Waals surface area contributed by atoms with Crippen molar-refractivity contribution in [2.24, 2.45) is 0 Å². The van der Waals surface area contributed by atoms with Crippen LogP contribution in [0.5, 0.6) is 0 Å². The normalized spacial score (nSPS) is 16.9. The quantitative estimate of drug-likeness (QED) is 0.487. The lowest BCUT2D eigenvalue weighted by molar-refractivity contribution is -0.118. The molecule has 0 radical (unpaired) electrons. The number of benzene rings is 2. The number of aromatic nitrogens is 1. The molecular formula is C28H31N5O2. The number of carbonyl (C=O) groups is 1. The predicted molar refractivity (Wildman–Crippen MR) is 137 cm³/mol. The van der Waals surface area contributed by atoms with Crippen molar-refractivity contribution in [3.8, 4) is 6.07 Å². The summed E-state index contributed by atoms with van der Waals surface area (Å²) in [4.78, 5) is 20.0. The molecule has 2 N–H and O–H groups in total. The molecule has 35 heavy (non-hydrogen) atoms. The summed E-state index contributed by atoms with van der Waals surface area (Å²) in [7, 11) is 1.74. The number of methoxy groups -OCH3 is 1. The van der Waals surface area contributed by atoms with Gasteiger partial charge in [-0.05, 0) is 47.7 Å². The Morgan fingerprint density at radius 1 is 1.14 bits per heavy atom. The molecule has 1 saturated heterocycles. The first-order chi connectivity index (χ1) is 17.1. The lowest BCUT2D eigenvalue weighted by Gasteiger charge is -2.22. The number of rotatable bonds is 9. The zero-order valence-electron chi connectivity index (χ0n) is 20.1. The van der Waals surface area contributed by atoms with Gasteiger partial charge < -0.3 is 20.3 Å². The van der Waals surface area contributed by atoms with E-state index in [2.05, 4.69) is 33.5 Å². The molecular weight excluding hydrogens is 438 g/mol. The maximum Gasteiger partial charge on any atom is 0.247 e. The number of nitrogens with one attached hydrogen (secondary N) is 2. The molecule has 2 aromatic carbocycles. The largest absolute Gasteiger partial charge is 0.380 e. The Balaban J connectivity index is 1.42. The van der Waals surface area contributed by atoms with Gasteiger partial charge in [-0.25, -0.2) is 4.98 Å². The second-order valence-corrected chi connectivity index (χ2v) is 8.87. The summed E-state index contributed by atoms with van der Waals surface area (Å²) in [6.07, 6.45) is 3.05. The van der Waals surface area contributed by atoms with E-state index in [1.165, 1.54) is 0 Å². The van der Waals surface area contributed by atoms with Crippen LogP contribution in [0.3, 0.4) is 0 Å². The number of carbonyl (C=O) groups excluding carboxylic acids is 1. The SMILES string of the molecule is CO[C@H]1CCN(c2ccc(NC(=O)[C@H](NC[C@@H](C)c3ccc(C#N)cc3)c3ccccc3)nc2)C1. The average Bonchev–Trinajstić information content (AvgIpc) is 3.39. The summed E-state index contributed by atoms with van der Waals surface area (Å²) in [6, 6.07) is 22.7. The van der Waals surface area contributed by atoms with Gasteiger partial charge in [-0.2, -0.15) is 5.26 Å². The lowest BCUT2D eigenvalue weighted by Crippen LogP contribution is -2.35. The molecule has 7 nitrogen and oxygen atoms in total. The van der Waals surface area contributed by atoms with Crippen LogP contribution in [-0.2, 0) is 9.53 Å². The number of ether oxygens (including phenoxy) is 1. The maximum atomic E-state index is 13.3. The van der Waals surface area contributed by atoms with Crippen LogP contribution >= 0.6 is 0 Å². The van der Waals surface area contributed by atoms with Crippen LogP contribution in [0.25, 0.3) is 0 Å². The Morgan fingerprint density at radius 3 is 2.54 bits per heavy atom. The molecule has 1 aliphatic heterocycles. The third-order valence-electron chi connectivity index (χ3n) is 6.47. The standard InChI is InChI=1S/C28H31N5O2/c1-20(22-10-8-21(16-29)9-11-22)17-31-27(23-6-4-3-5-7-23)28(34)32-26-13-12-24(18-30-26)33-15-14-25(19-33)35-2/h3-13,18,20,25,27,31H,14-15,17,19H2,1-2H3,(H,30,32,34)/t20-,25+,27-/m1/s1. The number of hydrogen-bond acceptors (Lipinski definition) is 6. The smallest absolute Gasteiger partial charge is 0.247 e. The molecule has 0 unspecified atom stereocenters. The van der Waals surface area contributed by atoms with Crippen molar-refractivity contribution in [1.82, 2.24) is 10.3 Å². The van der Waals surface area contributed by atoms with Gasteiger partial charge in [-0.15, -0.1) is 0 Å². The van der Waals surface area contributed by atoms with E-state index in [1.54, 1.807) is 13.3 Å². The fourth-order valence-corrected chi connectivity index (χ4v) is 4.31. The molecule has 4 rings (SSSR count). The van der Waals surface area contributed by atoms with Gasteiger partial charge in [0.2, 0.25) is 5.91 Å². The van der Waals surface area contributed by atoms with E-state index in [0.717, 1.165) is 36.3 Å². The van der Waals surface area contributed by atoms with E-state index in [-0.39, 0.29) is 17.9 Å². The fraction of sp³-hybridized carbons (Fsp3) is 0.321. The van der Waals surface area contributed by atoms with E-state index in [9.17, 15) is 4.79 Å². The van der Waals surface area contributed by atoms with Crippen LogP contribution < -0.4 is 15.5 Å². The molecule has 2 heterocycles. The summed E-state index contributed by atoms with van der Waals surface area (Å²) in [5.41, 5.74) is 3.66. The summed E-state index contributed by atoms with van der Waals surface area (Å²) in [5.74, 6) is 0.517. The Kier molecular flexibility index (Phi) is 8.09. The first kappa shape index (κ1) is 24.4. The Labute approximate surface area is 206 Å². The molecule has 0 saturated carbocycles. The molecule has 180 valence electrons. The van der Waals surface area contributed by atoms with Crippen LogP contribution in [0, 0.1) is 11.3 Å². The Hall–Kier alpha value is -3.73. The zero-order chi connectivity index (χ0) is 24.6. The van der Waals surface area contributed by atoms with Gasteiger partial charge in [-0.1, -0.05) is 49.4 Å². The van der Waals surface area contributed by atoms with E-state index in [0.29, 0.717) is 17.9 Å². The van der Waals surface area contributed by atoms with Crippen molar-refractivity contribution < 1.29 is 9.53 Å². The minimum absolute atomic E-state index is 0.163. The van der Waals surface area contributed by atoms with E-state index < -0.39 is 6.04 Å². The van der Waals surface area contributed by atoms with E-state index in [4.69, 9.17) is 10.00 Å². The van der Waals surface area contributed by atoms with Crippen molar-refractivity contribution in [3.63, 3.8) is 0 Å². The number of hydrogen-bond donors (Lipinski definition) is 2. The van der Waals surface area contributed by atoms with Crippen LogP contribution in [0.4, 0.5) is 11.5 Å². The molecule has 7 heteroatoms. The van der Waals surface area contributed by atoms with Crippen LogP contribution in [-0.4, -0.2) is 43.7 Å². The first-order valence-electron chi connectivity index (χ1n) is 11.9. The van der Waals surface area contributed by atoms with E-state index >= 15 is 0 Å². The van der Waals surface area contributed by atoms with Gasteiger partial charge in [0.15, 0.2) is 0 Å². The average molecular weight is 470 g/mol. The number of anilines is 2. The lowest BCUT2D eigenvalue weighted by atomic mass is 9.98. The molecule has 3 atom stereocenters. The van der Waals surface area contributed by atoms with E-state index in [1.807, 2.05) is 66.7 Å². The molecule has 1 fully saturated rings. The Bertz CT molecular complexity index is 1140. The fourth-order valence-electron chi connectivity index (χ4n) is 4.31. The summed E-state index contributed by atoms with van der Waals surface area (Å²) in [6.45, 7) is 4.48. The molecule has 1 aromatic heterocycles. The Morgan fingerprint density at radius 2 is 1.91 bits per heavy atom.